The average molecular weight is 419 g/mol. The number of carboxylic acids is 1. The van der Waals surface area contributed by atoms with E-state index in [9.17, 15) is 4.79 Å². The van der Waals surface area contributed by atoms with E-state index in [2.05, 4.69) is 55.5 Å². The van der Waals surface area contributed by atoms with Gasteiger partial charge in [0.2, 0.25) is 0 Å². The maximum atomic E-state index is 10.0. The first-order chi connectivity index (χ1) is 10.7. The quantitative estimate of drug-likeness (QED) is 0.514. The summed E-state index contributed by atoms with van der Waals surface area (Å²) in [6.07, 6.45) is 5.88. The maximum Gasteiger partial charge on any atom is -0.0184 e. The van der Waals surface area contributed by atoms with Gasteiger partial charge in [-0.15, -0.1) is 0 Å². The van der Waals surface area contributed by atoms with Gasteiger partial charge in [0.1, 0.15) is 0 Å². The van der Waals surface area contributed by atoms with Gasteiger partial charge in [0.05, 0.1) is 0 Å². The second-order valence-electron chi connectivity index (χ2n) is 5.29. The van der Waals surface area contributed by atoms with E-state index in [1.807, 2.05) is 12.1 Å². The molecule has 124 valence electrons. The molecule has 0 atom stereocenters. The van der Waals surface area contributed by atoms with Crippen molar-refractivity contribution in [3.8, 4) is 11.1 Å². The number of hydrogen-bond donors (Lipinski definition) is 1. The molecule has 0 aliphatic carbocycles. The Morgan fingerprint density at radius 2 is 1.22 bits per heavy atom. The first kappa shape index (κ1) is 21.7. The molecule has 0 unspecified atom stereocenters. The van der Waals surface area contributed by atoms with Crippen molar-refractivity contribution in [2.45, 2.75) is 45.4 Å². The third-order valence-electron chi connectivity index (χ3n) is 3.38. The fourth-order valence-corrected chi connectivity index (χ4v) is 2.14. The fourth-order valence-electron chi connectivity index (χ4n) is 2.14. The summed E-state index contributed by atoms with van der Waals surface area (Å²) < 4.78 is 0. The molecular formula is C20H28O2Sn. The fraction of sp³-hybridized carbons (Fsp3) is 0.350. The van der Waals surface area contributed by atoms with Gasteiger partial charge < -0.3 is 5.11 Å². The van der Waals surface area contributed by atoms with Crippen molar-refractivity contribution in [3.63, 3.8) is 0 Å². The van der Waals surface area contributed by atoms with Crippen LogP contribution in [0.4, 0.5) is 0 Å². The van der Waals surface area contributed by atoms with Crippen LogP contribution in [-0.4, -0.2) is 35.0 Å². The van der Waals surface area contributed by atoms with Crippen LogP contribution in [0.15, 0.2) is 60.7 Å². The summed E-state index contributed by atoms with van der Waals surface area (Å²) in [6.45, 7) is 2.15. The van der Waals surface area contributed by atoms with Crippen molar-refractivity contribution in [3.05, 3.63) is 60.7 Å². The van der Waals surface area contributed by atoms with Gasteiger partial charge in [-0.3, -0.25) is 4.79 Å². The zero-order valence-electron chi connectivity index (χ0n) is 14.1. The van der Waals surface area contributed by atoms with Crippen LogP contribution in [0.2, 0.25) is 0 Å². The first-order valence-electron chi connectivity index (χ1n) is 8.06. The number of carbonyl (C=O) groups is 1. The van der Waals surface area contributed by atoms with Crippen molar-refractivity contribution in [1.29, 1.82) is 0 Å². The van der Waals surface area contributed by atoms with Crippen molar-refractivity contribution in [2.75, 3.05) is 0 Å². The summed E-state index contributed by atoms with van der Waals surface area (Å²) in [7, 11) is 0. The molecule has 23 heavy (non-hydrogen) atoms. The van der Waals surface area contributed by atoms with Gasteiger partial charge in [-0.25, -0.2) is 0 Å². The Morgan fingerprint density at radius 3 is 1.61 bits per heavy atom. The summed E-state index contributed by atoms with van der Waals surface area (Å²) >= 11 is 0. The predicted molar refractivity (Wildman–Crippen MR) is 101 cm³/mol. The average Bonchev–Trinajstić information content (AvgIpc) is 2.57. The number of carboxylic acid groups (broad SMARTS) is 1. The van der Waals surface area contributed by atoms with E-state index in [0.29, 0.717) is 6.42 Å². The summed E-state index contributed by atoms with van der Waals surface area (Å²) in [6, 6.07) is 20.8. The molecular weight excluding hydrogens is 391 g/mol. The van der Waals surface area contributed by atoms with Crippen molar-refractivity contribution < 1.29 is 9.90 Å². The van der Waals surface area contributed by atoms with Gasteiger partial charge >= 0.3 is 29.9 Å². The van der Waals surface area contributed by atoms with Gasteiger partial charge in [-0.05, 0) is 17.5 Å². The SMILES string of the molecule is CCCCCCCC(=O)O.[SnH2].c1ccc(-c2ccccc2)cc1. The van der Waals surface area contributed by atoms with Crippen molar-refractivity contribution in [1.82, 2.24) is 0 Å². The molecule has 2 rings (SSSR count). The van der Waals surface area contributed by atoms with Crippen LogP contribution < -0.4 is 0 Å². The Bertz CT molecular complexity index is 474. The van der Waals surface area contributed by atoms with Gasteiger partial charge in [0.15, 0.2) is 0 Å². The van der Waals surface area contributed by atoms with Crippen LogP contribution in [0.1, 0.15) is 45.4 Å². The topological polar surface area (TPSA) is 37.3 Å². The Hall–Kier alpha value is -1.29. The van der Waals surface area contributed by atoms with E-state index >= 15 is 0 Å². The largest absolute Gasteiger partial charge is 0.0622 e. The molecule has 2 radical (unpaired) electrons. The standard InChI is InChI=1S/C12H10.C8H16O2.Sn.2H/c1-3-7-11(8-4-1)12-9-5-2-6-10-12;1-2-3-4-5-6-7-8(9)10;;;/h1-10H;2-7H2,1H3,(H,9,10);;;. The van der Waals surface area contributed by atoms with Gasteiger partial charge in [0, 0.05) is 6.42 Å². The third kappa shape index (κ3) is 11.0. The molecule has 0 saturated heterocycles. The normalized spacial score (nSPS) is 9.26. The molecule has 2 aromatic carbocycles. The first-order valence-corrected chi connectivity index (χ1v) is 8.06. The molecule has 1 N–H and O–H groups in total. The third-order valence-corrected chi connectivity index (χ3v) is 3.38. The van der Waals surface area contributed by atoms with E-state index in [-0.39, 0.29) is 23.9 Å². The van der Waals surface area contributed by atoms with Crippen molar-refractivity contribution >= 4 is 29.9 Å². The van der Waals surface area contributed by atoms with Gasteiger partial charge in [-0.1, -0.05) is 93.3 Å². The predicted octanol–water partition coefficient (Wildman–Crippen LogP) is 4.87. The van der Waals surface area contributed by atoms with E-state index in [4.69, 9.17) is 5.11 Å². The summed E-state index contributed by atoms with van der Waals surface area (Å²) in [5.41, 5.74) is 2.55. The monoisotopic (exact) mass is 420 g/mol. The van der Waals surface area contributed by atoms with Crippen LogP contribution in [-0.2, 0) is 4.79 Å². The van der Waals surface area contributed by atoms with E-state index in [0.717, 1.165) is 12.8 Å². The Kier molecular flexibility index (Phi) is 13.5. The second-order valence-corrected chi connectivity index (χ2v) is 5.29. The van der Waals surface area contributed by atoms with Crippen LogP contribution in [0.25, 0.3) is 11.1 Å². The summed E-state index contributed by atoms with van der Waals surface area (Å²) in [4.78, 5) is 10.0. The molecule has 0 aromatic heterocycles. The summed E-state index contributed by atoms with van der Waals surface area (Å²) in [5.74, 6) is -0.670. The number of benzene rings is 2. The smallest absolute Gasteiger partial charge is 0.0184 e. The molecule has 0 bridgehead atoms. The summed E-state index contributed by atoms with van der Waals surface area (Å²) in [5, 5.41) is 8.27. The number of rotatable bonds is 7. The molecule has 0 spiro atoms. The molecule has 0 aliphatic rings. The van der Waals surface area contributed by atoms with Crippen LogP contribution >= 0.6 is 0 Å². The molecule has 0 saturated carbocycles. The van der Waals surface area contributed by atoms with Crippen LogP contribution in [0, 0.1) is 0 Å². The van der Waals surface area contributed by atoms with E-state index in [1.165, 1.54) is 30.4 Å². The molecule has 0 heterocycles. The van der Waals surface area contributed by atoms with Crippen molar-refractivity contribution in [2.24, 2.45) is 0 Å². The van der Waals surface area contributed by atoms with Gasteiger partial charge in [-0.2, -0.15) is 0 Å². The minimum Gasteiger partial charge on any atom is -0.0622 e. The number of aliphatic carboxylic acids is 1. The zero-order valence-corrected chi connectivity index (χ0v) is 18.1. The van der Waals surface area contributed by atoms with E-state index in [1.54, 1.807) is 0 Å². The molecule has 0 aliphatic heterocycles. The van der Waals surface area contributed by atoms with Crippen LogP contribution in [0.5, 0.6) is 0 Å². The molecule has 2 aromatic rings. The number of unbranched alkanes of at least 4 members (excludes halogenated alkanes) is 4. The van der Waals surface area contributed by atoms with Crippen LogP contribution in [0.3, 0.4) is 0 Å². The second kappa shape index (κ2) is 14.3. The Labute approximate surface area is 156 Å². The van der Waals surface area contributed by atoms with Gasteiger partial charge in [0.25, 0.3) is 0 Å². The maximum absolute atomic E-state index is 10.0. The Balaban J connectivity index is 0.000000412. The molecule has 0 amide bonds. The Morgan fingerprint density at radius 1 is 0.783 bits per heavy atom. The minimum atomic E-state index is -0.670. The molecule has 0 fully saturated rings. The molecule has 3 heteroatoms. The minimum absolute atomic E-state index is 0. The van der Waals surface area contributed by atoms with E-state index < -0.39 is 5.97 Å². The number of hydrogen-bond acceptors (Lipinski definition) is 1. The zero-order chi connectivity index (χ0) is 16.0. The molecule has 2 nitrogen and oxygen atoms in total.